The smallest absolute Gasteiger partial charge is 0.187 e. The van der Waals surface area contributed by atoms with E-state index < -0.39 is 42.9 Å². The Morgan fingerprint density at radius 3 is 2.18 bits per heavy atom. The molecule has 1 saturated carbocycles. The molecule has 4 N–H and O–H groups in total. The lowest BCUT2D eigenvalue weighted by molar-refractivity contribution is -0.328. The summed E-state index contributed by atoms with van der Waals surface area (Å²) in [5, 5.41) is 38.9. The van der Waals surface area contributed by atoms with Gasteiger partial charge in [0.15, 0.2) is 6.29 Å². The van der Waals surface area contributed by atoms with Gasteiger partial charge < -0.3 is 29.9 Å². The highest BCUT2D eigenvalue weighted by atomic mass is 16.7. The molecule has 0 spiro atoms. The zero-order valence-corrected chi connectivity index (χ0v) is 13.7. The maximum atomic E-state index is 10.1. The van der Waals surface area contributed by atoms with Gasteiger partial charge in [0.1, 0.15) is 24.4 Å². The Balaban J connectivity index is 1.97. The van der Waals surface area contributed by atoms with E-state index in [2.05, 4.69) is 13.8 Å². The molecule has 1 saturated heterocycles. The SMILES string of the molecule is CC(C)C1CCC(C)(O[C@H]2O[C@H](CO)[C@@H](O)[C@H](O)[C@H]2O)CC1. The molecule has 6 nitrogen and oxygen atoms in total. The molecule has 1 aliphatic carbocycles. The highest BCUT2D eigenvalue weighted by Crippen LogP contribution is 2.39. The average Bonchev–Trinajstić information content (AvgIpc) is 2.48. The Morgan fingerprint density at radius 1 is 1.09 bits per heavy atom. The lowest BCUT2D eigenvalue weighted by atomic mass is 9.75. The zero-order chi connectivity index (χ0) is 16.5. The monoisotopic (exact) mass is 318 g/mol. The van der Waals surface area contributed by atoms with E-state index in [0.29, 0.717) is 11.8 Å². The summed E-state index contributed by atoms with van der Waals surface area (Å²) in [5.41, 5.74) is -0.418. The first-order chi connectivity index (χ1) is 10.3. The highest BCUT2D eigenvalue weighted by molar-refractivity contribution is 4.91. The number of hydrogen-bond acceptors (Lipinski definition) is 6. The van der Waals surface area contributed by atoms with E-state index >= 15 is 0 Å². The average molecular weight is 318 g/mol. The van der Waals surface area contributed by atoms with Crippen molar-refractivity contribution in [1.82, 2.24) is 0 Å². The van der Waals surface area contributed by atoms with Gasteiger partial charge >= 0.3 is 0 Å². The van der Waals surface area contributed by atoms with Gasteiger partial charge in [-0.25, -0.2) is 0 Å². The Bertz CT molecular complexity index is 351. The summed E-state index contributed by atoms with van der Waals surface area (Å²) in [4.78, 5) is 0. The molecule has 6 heteroatoms. The van der Waals surface area contributed by atoms with Gasteiger partial charge in [-0.1, -0.05) is 13.8 Å². The van der Waals surface area contributed by atoms with Crippen LogP contribution < -0.4 is 0 Å². The second-order valence-corrected chi connectivity index (χ2v) is 7.35. The van der Waals surface area contributed by atoms with Crippen molar-refractivity contribution >= 4 is 0 Å². The molecule has 2 aliphatic rings. The Kier molecular flexibility index (Phi) is 5.85. The van der Waals surface area contributed by atoms with Crippen LogP contribution in [0.3, 0.4) is 0 Å². The molecule has 0 bridgehead atoms. The van der Waals surface area contributed by atoms with Crippen molar-refractivity contribution in [3.05, 3.63) is 0 Å². The molecule has 0 unspecified atom stereocenters. The van der Waals surface area contributed by atoms with Crippen LogP contribution in [0, 0.1) is 11.8 Å². The van der Waals surface area contributed by atoms with E-state index in [9.17, 15) is 20.4 Å². The topological polar surface area (TPSA) is 99.4 Å². The third kappa shape index (κ3) is 3.80. The van der Waals surface area contributed by atoms with Gasteiger partial charge in [0.2, 0.25) is 0 Å². The summed E-state index contributed by atoms with van der Waals surface area (Å²) in [7, 11) is 0. The molecule has 130 valence electrons. The van der Waals surface area contributed by atoms with Crippen molar-refractivity contribution < 1.29 is 29.9 Å². The lowest BCUT2D eigenvalue weighted by Gasteiger charge is -2.45. The van der Waals surface area contributed by atoms with Gasteiger partial charge in [-0.15, -0.1) is 0 Å². The van der Waals surface area contributed by atoms with E-state index in [1.54, 1.807) is 0 Å². The molecule has 2 fully saturated rings. The second-order valence-electron chi connectivity index (χ2n) is 7.35. The van der Waals surface area contributed by atoms with E-state index in [1.165, 1.54) is 0 Å². The van der Waals surface area contributed by atoms with Crippen molar-refractivity contribution in [1.29, 1.82) is 0 Å². The zero-order valence-electron chi connectivity index (χ0n) is 13.7. The van der Waals surface area contributed by atoms with Crippen LogP contribution in [0.5, 0.6) is 0 Å². The number of aliphatic hydroxyl groups is 4. The first kappa shape index (κ1) is 18.1. The molecule has 22 heavy (non-hydrogen) atoms. The van der Waals surface area contributed by atoms with Crippen LogP contribution in [-0.4, -0.2) is 63.3 Å². The number of rotatable bonds is 4. The summed E-state index contributed by atoms with van der Waals surface area (Å²) < 4.78 is 11.4. The van der Waals surface area contributed by atoms with E-state index in [4.69, 9.17) is 9.47 Å². The van der Waals surface area contributed by atoms with Crippen LogP contribution in [0.4, 0.5) is 0 Å². The third-order valence-electron chi connectivity index (χ3n) is 5.28. The van der Waals surface area contributed by atoms with Crippen LogP contribution in [0.15, 0.2) is 0 Å². The fraction of sp³-hybridized carbons (Fsp3) is 1.00. The van der Waals surface area contributed by atoms with Crippen LogP contribution in [-0.2, 0) is 9.47 Å². The standard InChI is InChI=1S/C16H30O6/c1-9(2)10-4-6-16(3,7-5-10)22-15-14(20)13(19)12(18)11(8-17)21-15/h9-15,17-20H,4-8H2,1-3H3/t10?,11-,12-,13+,14-,15-,16?/m1/s1. The molecular weight excluding hydrogens is 288 g/mol. The van der Waals surface area contributed by atoms with Crippen molar-refractivity contribution in [2.75, 3.05) is 6.61 Å². The first-order valence-corrected chi connectivity index (χ1v) is 8.26. The summed E-state index contributed by atoms with van der Waals surface area (Å²) in [6, 6.07) is 0. The van der Waals surface area contributed by atoms with Crippen molar-refractivity contribution in [2.24, 2.45) is 11.8 Å². The fourth-order valence-corrected chi connectivity index (χ4v) is 3.48. The third-order valence-corrected chi connectivity index (χ3v) is 5.28. The van der Waals surface area contributed by atoms with E-state index in [0.717, 1.165) is 25.7 Å². The fourth-order valence-electron chi connectivity index (χ4n) is 3.48. The number of aliphatic hydroxyl groups excluding tert-OH is 4. The van der Waals surface area contributed by atoms with Crippen LogP contribution in [0.25, 0.3) is 0 Å². The van der Waals surface area contributed by atoms with Gasteiger partial charge in [0.25, 0.3) is 0 Å². The van der Waals surface area contributed by atoms with Gasteiger partial charge in [-0.05, 0) is 44.4 Å². The molecule has 0 aromatic rings. The van der Waals surface area contributed by atoms with E-state index in [1.807, 2.05) is 6.92 Å². The number of ether oxygens (including phenoxy) is 2. The first-order valence-electron chi connectivity index (χ1n) is 8.26. The van der Waals surface area contributed by atoms with Gasteiger partial charge in [0, 0.05) is 0 Å². The van der Waals surface area contributed by atoms with Gasteiger partial charge in [-0.3, -0.25) is 0 Å². The summed E-state index contributed by atoms with van der Waals surface area (Å²) >= 11 is 0. The molecule has 0 radical (unpaired) electrons. The summed E-state index contributed by atoms with van der Waals surface area (Å²) in [6.45, 7) is 6.01. The van der Waals surface area contributed by atoms with Gasteiger partial charge in [0.05, 0.1) is 12.2 Å². The van der Waals surface area contributed by atoms with Crippen molar-refractivity contribution in [3.8, 4) is 0 Å². The Morgan fingerprint density at radius 2 is 1.68 bits per heavy atom. The van der Waals surface area contributed by atoms with Crippen LogP contribution in [0.1, 0.15) is 46.5 Å². The maximum Gasteiger partial charge on any atom is 0.187 e. The summed E-state index contributed by atoms with van der Waals surface area (Å²) in [6.07, 6.45) is -2.14. The molecule has 1 aliphatic heterocycles. The molecule has 1 heterocycles. The molecule has 0 amide bonds. The Hall–Kier alpha value is -0.240. The van der Waals surface area contributed by atoms with Crippen molar-refractivity contribution in [3.63, 3.8) is 0 Å². The molecule has 5 atom stereocenters. The highest BCUT2D eigenvalue weighted by Gasteiger charge is 2.47. The minimum Gasteiger partial charge on any atom is -0.394 e. The minimum absolute atomic E-state index is 0.418. The summed E-state index contributed by atoms with van der Waals surface area (Å²) in [5.74, 6) is 1.34. The second kappa shape index (κ2) is 7.11. The van der Waals surface area contributed by atoms with E-state index in [-0.39, 0.29) is 0 Å². The normalized spacial score (nSPS) is 46.9. The largest absolute Gasteiger partial charge is 0.394 e. The lowest BCUT2D eigenvalue weighted by Crippen LogP contribution is -2.60. The Labute approximate surface area is 132 Å². The predicted molar refractivity (Wildman–Crippen MR) is 80.1 cm³/mol. The number of hydrogen-bond donors (Lipinski definition) is 4. The van der Waals surface area contributed by atoms with Crippen LogP contribution >= 0.6 is 0 Å². The van der Waals surface area contributed by atoms with Crippen molar-refractivity contribution in [2.45, 2.75) is 82.8 Å². The molecule has 0 aromatic carbocycles. The van der Waals surface area contributed by atoms with Gasteiger partial charge in [-0.2, -0.15) is 0 Å². The molecular formula is C16H30O6. The minimum atomic E-state index is -1.38. The van der Waals surface area contributed by atoms with Crippen LogP contribution in [0.2, 0.25) is 0 Å². The maximum absolute atomic E-state index is 10.1. The predicted octanol–water partition coefficient (Wildman–Crippen LogP) is 0.408. The molecule has 0 aromatic heterocycles. The quantitative estimate of drug-likeness (QED) is 0.599. The molecule has 2 rings (SSSR count).